The number of rotatable bonds is 5. The van der Waals surface area contributed by atoms with Crippen molar-refractivity contribution in [3.8, 4) is 0 Å². The van der Waals surface area contributed by atoms with Crippen LogP contribution in [0.15, 0.2) is 24.4 Å². The van der Waals surface area contributed by atoms with Gasteiger partial charge in [0.1, 0.15) is 0 Å². The summed E-state index contributed by atoms with van der Waals surface area (Å²) in [5, 5.41) is 11.4. The summed E-state index contributed by atoms with van der Waals surface area (Å²) in [7, 11) is 1.93. The first kappa shape index (κ1) is 12.7. The summed E-state index contributed by atoms with van der Waals surface area (Å²) in [5.41, 5.74) is 3.07. The Balaban J connectivity index is 2.36. The van der Waals surface area contributed by atoms with Crippen molar-refractivity contribution < 1.29 is 0 Å². The molecule has 0 bridgehead atoms. The van der Waals surface area contributed by atoms with Crippen LogP contribution < -0.4 is 5.32 Å². The molecule has 0 fully saturated rings. The van der Waals surface area contributed by atoms with Crippen LogP contribution in [0, 0.1) is 6.92 Å². The summed E-state index contributed by atoms with van der Waals surface area (Å²) < 4.78 is 1.94. The Morgan fingerprint density at radius 3 is 2.89 bits per heavy atom. The molecule has 2 aromatic rings. The van der Waals surface area contributed by atoms with Crippen LogP contribution in [0.1, 0.15) is 36.5 Å². The first-order valence-corrected chi connectivity index (χ1v) is 6.25. The molecule has 0 aliphatic rings. The molecule has 0 radical (unpaired) electrons. The maximum atomic E-state index is 4.57. The van der Waals surface area contributed by atoms with E-state index >= 15 is 0 Å². The average Bonchev–Trinajstić information content (AvgIpc) is 2.79. The van der Waals surface area contributed by atoms with Crippen molar-refractivity contribution in [3.63, 3.8) is 0 Å². The van der Waals surface area contributed by atoms with E-state index < -0.39 is 0 Å². The highest BCUT2D eigenvalue weighted by atomic mass is 15.4. The van der Waals surface area contributed by atoms with Crippen LogP contribution in [0.3, 0.4) is 0 Å². The van der Waals surface area contributed by atoms with Crippen molar-refractivity contribution in [1.29, 1.82) is 0 Å². The summed E-state index contributed by atoms with van der Waals surface area (Å²) in [6, 6.07) is 6.08. The fourth-order valence-corrected chi connectivity index (χ4v) is 2.05. The smallest absolute Gasteiger partial charge is 0.0936 e. The molecular formula is C13H19N5. The van der Waals surface area contributed by atoms with Crippen LogP contribution in [0.5, 0.6) is 0 Å². The lowest BCUT2D eigenvalue weighted by molar-refractivity contribution is 0.519. The van der Waals surface area contributed by atoms with Crippen molar-refractivity contribution in [2.45, 2.75) is 32.9 Å². The fraction of sp³-hybridized carbons (Fsp3) is 0.462. The summed E-state index contributed by atoms with van der Waals surface area (Å²) in [6.45, 7) is 5.00. The predicted octanol–water partition coefficient (Wildman–Crippen LogP) is 1.70. The monoisotopic (exact) mass is 245 g/mol. The highest BCUT2D eigenvalue weighted by Gasteiger charge is 2.18. The van der Waals surface area contributed by atoms with Gasteiger partial charge >= 0.3 is 0 Å². The summed E-state index contributed by atoms with van der Waals surface area (Å²) in [5.74, 6) is 0. The Morgan fingerprint density at radius 2 is 2.22 bits per heavy atom. The van der Waals surface area contributed by atoms with Crippen LogP contribution in [-0.2, 0) is 6.54 Å². The molecule has 0 spiro atoms. The first-order chi connectivity index (χ1) is 8.76. The molecule has 1 N–H and O–H groups in total. The van der Waals surface area contributed by atoms with Crippen LogP contribution in [0.25, 0.3) is 0 Å². The van der Waals surface area contributed by atoms with Gasteiger partial charge in [0.25, 0.3) is 0 Å². The Kier molecular flexibility index (Phi) is 4.04. The Morgan fingerprint density at radius 1 is 1.39 bits per heavy atom. The molecule has 0 saturated heterocycles. The fourth-order valence-electron chi connectivity index (χ4n) is 2.05. The van der Waals surface area contributed by atoms with Gasteiger partial charge in [-0.1, -0.05) is 18.2 Å². The Hall–Kier alpha value is -1.75. The van der Waals surface area contributed by atoms with Crippen LogP contribution >= 0.6 is 0 Å². The van der Waals surface area contributed by atoms with E-state index in [9.17, 15) is 0 Å². The molecule has 5 heteroatoms. The molecule has 5 nitrogen and oxygen atoms in total. The quantitative estimate of drug-likeness (QED) is 0.871. The third-order valence-electron chi connectivity index (χ3n) is 2.87. The third kappa shape index (κ3) is 2.56. The molecule has 2 heterocycles. The van der Waals surface area contributed by atoms with Gasteiger partial charge in [-0.2, -0.15) is 0 Å². The second-order valence-corrected chi connectivity index (χ2v) is 4.31. The van der Waals surface area contributed by atoms with Crippen molar-refractivity contribution in [2.75, 3.05) is 7.05 Å². The number of aryl methyl sites for hydroxylation is 2. The van der Waals surface area contributed by atoms with Gasteiger partial charge in [0.05, 0.1) is 23.6 Å². The van der Waals surface area contributed by atoms with Gasteiger partial charge in [-0.3, -0.25) is 4.98 Å². The maximum absolute atomic E-state index is 4.57. The number of aromatic nitrogens is 4. The molecule has 0 aliphatic heterocycles. The molecule has 0 aromatic carbocycles. The largest absolute Gasteiger partial charge is 0.307 e. The first-order valence-electron chi connectivity index (χ1n) is 6.25. The van der Waals surface area contributed by atoms with E-state index in [2.05, 4.69) is 27.5 Å². The van der Waals surface area contributed by atoms with E-state index in [0.717, 1.165) is 30.0 Å². The van der Waals surface area contributed by atoms with E-state index in [1.54, 1.807) is 6.20 Å². The number of pyridine rings is 1. The molecule has 0 saturated carbocycles. The second kappa shape index (κ2) is 5.73. The normalized spacial score (nSPS) is 12.6. The molecule has 0 aliphatic carbocycles. The third-order valence-corrected chi connectivity index (χ3v) is 2.87. The van der Waals surface area contributed by atoms with Gasteiger partial charge in [0, 0.05) is 12.2 Å². The molecule has 2 aromatic heterocycles. The molecule has 96 valence electrons. The van der Waals surface area contributed by atoms with Gasteiger partial charge in [0.15, 0.2) is 0 Å². The van der Waals surface area contributed by atoms with Crippen LogP contribution in [0.2, 0.25) is 0 Å². The van der Waals surface area contributed by atoms with Gasteiger partial charge in [-0.05, 0) is 32.5 Å². The van der Waals surface area contributed by atoms with E-state index in [-0.39, 0.29) is 6.04 Å². The molecule has 2 rings (SSSR count). The van der Waals surface area contributed by atoms with Crippen LogP contribution in [0.4, 0.5) is 0 Å². The van der Waals surface area contributed by atoms with Crippen molar-refractivity contribution in [3.05, 3.63) is 41.5 Å². The van der Waals surface area contributed by atoms with Crippen molar-refractivity contribution in [1.82, 2.24) is 25.3 Å². The number of nitrogens with zero attached hydrogens (tertiary/aromatic N) is 4. The lowest BCUT2D eigenvalue weighted by Crippen LogP contribution is -2.22. The topological polar surface area (TPSA) is 55.6 Å². The SMILES string of the molecule is CCCn1nncc1C(NC)c1cccc(C)n1. The van der Waals surface area contributed by atoms with E-state index in [0.29, 0.717) is 0 Å². The lowest BCUT2D eigenvalue weighted by atomic mass is 10.1. The van der Waals surface area contributed by atoms with Gasteiger partial charge in [-0.15, -0.1) is 5.10 Å². The minimum absolute atomic E-state index is 0.0337. The van der Waals surface area contributed by atoms with Crippen LogP contribution in [-0.4, -0.2) is 27.0 Å². The average molecular weight is 245 g/mol. The van der Waals surface area contributed by atoms with Crippen molar-refractivity contribution in [2.24, 2.45) is 0 Å². The molecule has 18 heavy (non-hydrogen) atoms. The zero-order valence-electron chi connectivity index (χ0n) is 11.1. The summed E-state index contributed by atoms with van der Waals surface area (Å²) >= 11 is 0. The molecule has 0 amide bonds. The zero-order chi connectivity index (χ0) is 13.0. The molecule has 1 atom stereocenters. The number of nitrogens with one attached hydrogen (secondary N) is 1. The summed E-state index contributed by atoms with van der Waals surface area (Å²) in [6.07, 6.45) is 2.84. The van der Waals surface area contributed by atoms with Gasteiger partial charge < -0.3 is 5.32 Å². The minimum atomic E-state index is 0.0337. The number of hydrogen-bond acceptors (Lipinski definition) is 4. The minimum Gasteiger partial charge on any atom is -0.307 e. The Bertz CT molecular complexity index is 506. The standard InChI is InChI=1S/C13H19N5/c1-4-8-18-12(9-15-17-18)13(14-3)11-7-5-6-10(2)16-11/h5-7,9,13-14H,4,8H2,1-3H3. The lowest BCUT2D eigenvalue weighted by Gasteiger charge is -2.16. The predicted molar refractivity (Wildman–Crippen MR) is 70.2 cm³/mol. The number of hydrogen-bond donors (Lipinski definition) is 1. The highest BCUT2D eigenvalue weighted by Crippen LogP contribution is 2.19. The van der Waals surface area contributed by atoms with E-state index in [4.69, 9.17) is 0 Å². The van der Waals surface area contributed by atoms with Crippen molar-refractivity contribution >= 4 is 0 Å². The zero-order valence-corrected chi connectivity index (χ0v) is 11.1. The maximum Gasteiger partial charge on any atom is 0.0936 e. The Labute approximate surface area is 107 Å². The highest BCUT2D eigenvalue weighted by molar-refractivity contribution is 5.21. The molecule has 1 unspecified atom stereocenters. The second-order valence-electron chi connectivity index (χ2n) is 4.31. The summed E-state index contributed by atoms with van der Waals surface area (Å²) in [4.78, 5) is 4.57. The molecular weight excluding hydrogens is 226 g/mol. The van der Waals surface area contributed by atoms with Gasteiger partial charge in [-0.25, -0.2) is 4.68 Å². The van der Waals surface area contributed by atoms with E-state index in [1.165, 1.54) is 0 Å². The van der Waals surface area contributed by atoms with E-state index in [1.807, 2.05) is 36.9 Å². The van der Waals surface area contributed by atoms with Gasteiger partial charge in [0.2, 0.25) is 0 Å².